The van der Waals surface area contributed by atoms with Crippen LogP contribution >= 0.6 is 11.6 Å². The van der Waals surface area contributed by atoms with Gasteiger partial charge in [-0.3, -0.25) is 0 Å². The highest BCUT2D eigenvalue weighted by atomic mass is 35.5. The van der Waals surface area contributed by atoms with E-state index < -0.39 is 6.10 Å². The summed E-state index contributed by atoms with van der Waals surface area (Å²) < 4.78 is 0. The highest BCUT2D eigenvalue weighted by molar-refractivity contribution is 6.28. The Labute approximate surface area is 75.7 Å². The molecule has 1 aromatic heterocycles. The molecule has 0 spiro atoms. The monoisotopic (exact) mass is 184 g/mol. The van der Waals surface area contributed by atoms with E-state index in [0.717, 1.165) is 0 Å². The number of aliphatic hydroxyl groups is 1. The molecule has 0 radical (unpaired) electrons. The summed E-state index contributed by atoms with van der Waals surface area (Å²) in [6.07, 6.45) is 2.43. The summed E-state index contributed by atoms with van der Waals surface area (Å²) in [5.41, 5.74) is 1.21. The first-order valence-corrected chi connectivity index (χ1v) is 3.86. The van der Waals surface area contributed by atoms with Crippen molar-refractivity contribution in [3.8, 4) is 0 Å². The first-order valence-electron chi connectivity index (χ1n) is 3.48. The van der Waals surface area contributed by atoms with Crippen molar-refractivity contribution >= 4 is 17.7 Å². The van der Waals surface area contributed by atoms with Crippen LogP contribution in [0.4, 0.5) is 0 Å². The van der Waals surface area contributed by atoms with E-state index in [-0.39, 0.29) is 5.28 Å². The van der Waals surface area contributed by atoms with Crippen molar-refractivity contribution in [3.63, 3.8) is 0 Å². The zero-order valence-electron chi connectivity index (χ0n) is 6.66. The molecule has 3 nitrogen and oxygen atoms in total. The van der Waals surface area contributed by atoms with Gasteiger partial charge in [0, 0.05) is 11.8 Å². The minimum Gasteiger partial charge on any atom is -0.389 e. The molecular weight excluding hydrogens is 176 g/mol. The minimum absolute atomic E-state index is 0.161. The van der Waals surface area contributed by atoms with Gasteiger partial charge in [-0.15, -0.1) is 0 Å². The van der Waals surface area contributed by atoms with Crippen LogP contribution in [0.3, 0.4) is 0 Å². The van der Waals surface area contributed by atoms with Gasteiger partial charge < -0.3 is 5.11 Å². The van der Waals surface area contributed by atoms with E-state index in [1.807, 2.05) is 0 Å². The zero-order valence-corrected chi connectivity index (χ0v) is 7.41. The van der Waals surface area contributed by atoms with E-state index in [2.05, 4.69) is 16.5 Å². The molecule has 4 heteroatoms. The van der Waals surface area contributed by atoms with Crippen LogP contribution in [0, 0.1) is 0 Å². The summed E-state index contributed by atoms with van der Waals surface area (Å²) in [5, 5.41) is 9.42. The van der Waals surface area contributed by atoms with Crippen molar-refractivity contribution in [2.75, 3.05) is 0 Å². The van der Waals surface area contributed by atoms with E-state index in [4.69, 9.17) is 11.6 Å². The van der Waals surface area contributed by atoms with Gasteiger partial charge in [0.05, 0.1) is 11.8 Å². The van der Waals surface area contributed by atoms with Crippen LogP contribution in [-0.2, 0) is 0 Å². The van der Waals surface area contributed by atoms with E-state index in [1.54, 1.807) is 6.92 Å². The number of aliphatic hydroxyl groups excluding tert-OH is 1. The molecule has 0 fully saturated rings. The van der Waals surface area contributed by atoms with Crippen LogP contribution in [0.1, 0.15) is 24.3 Å². The normalized spacial score (nSPS) is 12.6. The van der Waals surface area contributed by atoms with Gasteiger partial charge >= 0.3 is 0 Å². The maximum atomic E-state index is 9.26. The lowest BCUT2D eigenvalue weighted by molar-refractivity contribution is 0.198. The molecule has 1 atom stereocenters. The molecule has 0 amide bonds. The van der Waals surface area contributed by atoms with Gasteiger partial charge in [-0.05, 0) is 24.6 Å². The second-order valence-corrected chi connectivity index (χ2v) is 2.70. The standard InChI is InChI=1S/C8H9ClN2O/c1-3-7-6(5(2)12)4-10-8(9)11-7/h3-5,12H,1H2,2H3. The topological polar surface area (TPSA) is 46.0 Å². The molecule has 1 aromatic rings. The van der Waals surface area contributed by atoms with E-state index in [9.17, 15) is 5.11 Å². The summed E-state index contributed by atoms with van der Waals surface area (Å²) in [6, 6.07) is 0. The zero-order chi connectivity index (χ0) is 9.14. The van der Waals surface area contributed by atoms with Gasteiger partial charge in [0.15, 0.2) is 0 Å². The lowest BCUT2D eigenvalue weighted by atomic mass is 10.1. The summed E-state index contributed by atoms with van der Waals surface area (Å²) in [7, 11) is 0. The highest BCUT2D eigenvalue weighted by Crippen LogP contribution is 2.16. The predicted octanol–water partition coefficient (Wildman–Crippen LogP) is 1.83. The number of hydrogen-bond acceptors (Lipinski definition) is 3. The maximum absolute atomic E-state index is 9.26. The van der Waals surface area contributed by atoms with E-state index in [0.29, 0.717) is 11.3 Å². The molecule has 1 heterocycles. The maximum Gasteiger partial charge on any atom is 0.222 e. The molecule has 12 heavy (non-hydrogen) atoms. The average Bonchev–Trinajstić information content (AvgIpc) is 2.03. The Bertz CT molecular complexity index is 299. The fourth-order valence-corrected chi connectivity index (χ4v) is 1.01. The Morgan fingerprint density at radius 1 is 1.75 bits per heavy atom. The molecule has 1 N–H and O–H groups in total. The summed E-state index contributed by atoms with van der Waals surface area (Å²) >= 11 is 5.55. The van der Waals surface area contributed by atoms with Gasteiger partial charge in [0.25, 0.3) is 0 Å². The summed E-state index contributed by atoms with van der Waals surface area (Å²) in [5.74, 6) is 0. The van der Waals surface area contributed by atoms with Gasteiger partial charge in [-0.25, -0.2) is 9.97 Å². The second kappa shape index (κ2) is 3.65. The SMILES string of the molecule is C=Cc1nc(Cl)ncc1C(C)O. The van der Waals surface area contributed by atoms with Crippen molar-refractivity contribution in [1.29, 1.82) is 0 Å². The van der Waals surface area contributed by atoms with Crippen LogP contribution in [-0.4, -0.2) is 15.1 Å². The van der Waals surface area contributed by atoms with E-state index >= 15 is 0 Å². The van der Waals surface area contributed by atoms with Crippen LogP contribution in [0.25, 0.3) is 6.08 Å². The molecule has 0 aromatic carbocycles. The Kier molecular flexibility index (Phi) is 2.78. The third-order valence-electron chi connectivity index (χ3n) is 1.46. The van der Waals surface area contributed by atoms with Gasteiger partial charge in [-0.2, -0.15) is 0 Å². The van der Waals surface area contributed by atoms with Gasteiger partial charge in [-0.1, -0.05) is 6.58 Å². The van der Waals surface area contributed by atoms with Gasteiger partial charge in [0.1, 0.15) is 0 Å². The van der Waals surface area contributed by atoms with Crippen molar-refractivity contribution in [1.82, 2.24) is 9.97 Å². The lowest BCUT2D eigenvalue weighted by Crippen LogP contribution is -1.99. The Balaban J connectivity index is 3.20. The third kappa shape index (κ3) is 1.81. The van der Waals surface area contributed by atoms with Crippen LogP contribution in [0.2, 0.25) is 5.28 Å². The summed E-state index contributed by atoms with van der Waals surface area (Å²) in [6.45, 7) is 5.19. The van der Waals surface area contributed by atoms with Crippen molar-refractivity contribution in [3.05, 3.63) is 29.3 Å². The third-order valence-corrected chi connectivity index (χ3v) is 1.64. The van der Waals surface area contributed by atoms with E-state index in [1.165, 1.54) is 12.3 Å². The average molecular weight is 185 g/mol. The molecule has 0 saturated heterocycles. The van der Waals surface area contributed by atoms with Crippen molar-refractivity contribution in [2.24, 2.45) is 0 Å². The smallest absolute Gasteiger partial charge is 0.222 e. The van der Waals surface area contributed by atoms with Crippen molar-refractivity contribution in [2.45, 2.75) is 13.0 Å². The molecule has 0 aliphatic rings. The number of halogens is 1. The summed E-state index contributed by atoms with van der Waals surface area (Å²) in [4.78, 5) is 7.64. The first kappa shape index (κ1) is 9.16. The molecule has 0 saturated carbocycles. The van der Waals surface area contributed by atoms with Crippen molar-refractivity contribution < 1.29 is 5.11 Å². The molecule has 0 bridgehead atoms. The quantitative estimate of drug-likeness (QED) is 0.714. The molecule has 0 aliphatic heterocycles. The Hall–Kier alpha value is -0.930. The number of aromatic nitrogens is 2. The first-order chi connectivity index (χ1) is 5.65. The molecule has 64 valence electrons. The lowest BCUT2D eigenvalue weighted by Gasteiger charge is -2.06. The number of hydrogen-bond donors (Lipinski definition) is 1. The predicted molar refractivity (Wildman–Crippen MR) is 47.8 cm³/mol. The fourth-order valence-electron chi connectivity index (χ4n) is 0.867. The Morgan fingerprint density at radius 3 is 2.92 bits per heavy atom. The number of rotatable bonds is 2. The fraction of sp³-hybridized carbons (Fsp3) is 0.250. The molecule has 1 rings (SSSR count). The largest absolute Gasteiger partial charge is 0.389 e. The minimum atomic E-state index is -0.602. The van der Waals surface area contributed by atoms with Crippen LogP contribution in [0.15, 0.2) is 12.8 Å². The van der Waals surface area contributed by atoms with Gasteiger partial charge in [0.2, 0.25) is 5.28 Å². The molecule has 0 aliphatic carbocycles. The highest BCUT2D eigenvalue weighted by Gasteiger charge is 2.07. The Morgan fingerprint density at radius 2 is 2.42 bits per heavy atom. The van der Waals surface area contributed by atoms with Crippen LogP contribution in [0.5, 0.6) is 0 Å². The molecular formula is C8H9ClN2O. The molecule has 1 unspecified atom stereocenters. The number of nitrogens with zero attached hydrogens (tertiary/aromatic N) is 2. The second-order valence-electron chi connectivity index (χ2n) is 2.36. The van der Waals surface area contributed by atoms with Crippen LogP contribution < -0.4 is 0 Å².